The number of aromatic carboxylic acids is 1. The van der Waals surface area contributed by atoms with Gasteiger partial charge in [0.05, 0.1) is 27.5 Å². The van der Waals surface area contributed by atoms with E-state index in [1.165, 1.54) is 0 Å². The lowest BCUT2D eigenvalue weighted by molar-refractivity contribution is 0.0696. The smallest absolute Gasteiger partial charge is 0.335 e. The van der Waals surface area contributed by atoms with E-state index in [-0.39, 0.29) is 5.92 Å². The topological polar surface area (TPSA) is 76.4 Å². The van der Waals surface area contributed by atoms with E-state index in [1.807, 2.05) is 50.4 Å². The SMILES string of the molecule is Cc1cc(CNCc2ccc(OCc3c(C(C)C)cnn3-c3c(Cl)cccc3Cl)cc2C)cc(C(=O)O)c1. The van der Waals surface area contributed by atoms with Gasteiger partial charge in [-0.1, -0.05) is 55.2 Å². The zero-order valence-electron chi connectivity index (χ0n) is 21.9. The predicted molar refractivity (Wildman–Crippen MR) is 152 cm³/mol. The fourth-order valence-electron chi connectivity index (χ4n) is 4.43. The second-order valence-corrected chi connectivity index (χ2v) is 10.5. The summed E-state index contributed by atoms with van der Waals surface area (Å²) in [5, 5.41) is 18.3. The average molecular weight is 553 g/mol. The molecule has 2 N–H and O–H groups in total. The van der Waals surface area contributed by atoms with E-state index in [2.05, 4.69) is 24.3 Å². The Bertz CT molecular complexity index is 1440. The molecule has 198 valence electrons. The van der Waals surface area contributed by atoms with Gasteiger partial charge >= 0.3 is 5.97 Å². The van der Waals surface area contributed by atoms with Gasteiger partial charge in [0.15, 0.2) is 0 Å². The maximum Gasteiger partial charge on any atom is 0.335 e. The van der Waals surface area contributed by atoms with E-state index in [4.69, 9.17) is 27.9 Å². The molecular weight excluding hydrogens is 521 g/mol. The zero-order valence-corrected chi connectivity index (χ0v) is 23.4. The molecule has 0 aliphatic heterocycles. The van der Waals surface area contributed by atoms with Gasteiger partial charge in [-0.25, -0.2) is 9.48 Å². The first-order valence-corrected chi connectivity index (χ1v) is 13.2. The van der Waals surface area contributed by atoms with Gasteiger partial charge in [-0.05, 0) is 84.0 Å². The molecule has 0 bridgehead atoms. The van der Waals surface area contributed by atoms with Crippen LogP contribution in [0.5, 0.6) is 5.75 Å². The van der Waals surface area contributed by atoms with Crippen LogP contribution in [0.2, 0.25) is 10.0 Å². The highest BCUT2D eigenvalue weighted by molar-refractivity contribution is 6.37. The van der Waals surface area contributed by atoms with Crippen molar-refractivity contribution in [1.29, 1.82) is 0 Å². The standard InChI is InChI=1S/C30H31Cl2N3O3/c1-18(2)25-16-34-35(29-26(31)6-5-7-27(29)32)28(25)17-38-24-9-8-22(20(4)12-24)15-33-14-21-10-19(3)11-23(13-21)30(36)37/h5-13,16,18,33H,14-15,17H2,1-4H3,(H,36,37). The fraction of sp³-hybridized carbons (Fsp3) is 0.267. The van der Waals surface area contributed by atoms with E-state index in [1.54, 1.807) is 28.9 Å². The Morgan fingerprint density at radius 2 is 1.79 bits per heavy atom. The first-order valence-electron chi connectivity index (χ1n) is 12.4. The number of carbonyl (C=O) groups is 1. The molecule has 0 spiro atoms. The molecule has 1 heterocycles. The van der Waals surface area contributed by atoms with Crippen molar-refractivity contribution in [2.45, 2.75) is 53.3 Å². The number of benzene rings is 3. The van der Waals surface area contributed by atoms with Crippen LogP contribution in [0.25, 0.3) is 5.69 Å². The minimum absolute atomic E-state index is 0.249. The molecular formula is C30H31Cl2N3O3. The highest BCUT2D eigenvalue weighted by Gasteiger charge is 2.19. The molecule has 0 saturated heterocycles. The Hall–Kier alpha value is -3.32. The number of halogens is 2. The number of rotatable bonds is 10. The van der Waals surface area contributed by atoms with Gasteiger partial charge in [0.2, 0.25) is 0 Å². The summed E-state index contributed by atoms with van der Waals surface area (Å²) in [5.74, 6) is 0.0856. The van der Waals surface area contributed by atoms with Crippen LogP contribution in [-0.2, 0) is 19.7 Å². The predicted octanol–water partition coefficient (Wildman–Crippen LogP) is 7.49. The van der Waals surface area contributed by atoms with E-state index < -0.39 is 5.97 Å². The summed E-state index contributed by atoms with van der Waals surface area (Å²) >= 11 is 12.9. The molecule has 0 atom stereocenters. The summed E-state index contributed by atoms with van der Waals surface area (Å²) in [6, 6.07) is 16.8. The Morgan fingerprint density at radius 1 is 1.05 bits per heavy atom. The average Bonchev–Trinajstić information content (AvgIpc) is 3.27. The summed E-state index contributed by atoms with van der Waals surface area (Å²) in [4.78, 5) is 11.3. The van der Waals surface area contributed by atoms with Gasteiger partial charge < -0.3 is 15.2 Å². The summed E-state index contributed by atoms with van der Waals surface area (Å²) < 4.78 is 7.99. The number of para-hydroxylation sites is 1. The number of ether oxygens (including phenoxy) is 1. The van der Waals surface area contributed by atoms with Crippen molar-refractivity contribution < 1.29 is 14.6 Å². The van der Waals surface area contributed by atoms with Gasteiger partial charge in [0.25, 0.3) is 0 Å². The number of carboxylic acids is 1. The van der Waals surface area contributed by atoms with Crippen molar-refractivity contribution in [2.24, 2.45) is 0 Å². The summed E-state index contributed by atoms with van der Waals surface area (Å²) in [5.41, 5.74) is 7.02. The van der Waals surface area contributed by atoms with E-state index in [0.29, 0.717) is 41.0 Å². The van der Waals surface area contributed by atoms with Crippen LogP contribution in [-0.4, -0.2) is 20.9 Å². The van der Waals surface area contributed by atoms with Crippen molar-refractivity contribution in [1.82, 2.24) is 15.1 Å². The highest BCUT2D eigenvalue weighted by atomic mass is 35.5. The molecule has 0 fully saturated rings. The van der Waals surface area contributed by atoms with Crippen LogP contribution >= 0.6 is 23.2 Å². The maximum atomic E-state index is 11.3. The van der Waals surface area contributed by atoms with Crippen LogP contribution in [0.1, 0.15) is 63.6 Å². The van der Waals surface area contributed by atoms with Crippen molar-refractivity contribution in [2.75, 3.05) is 0 Å². The molecule has 0 aliphatic carbocycles. The van der Waals surface area contributed by atoms with Crippen molar-refractivity contribution in [3.63, 3.8) is 0 Å². The number of hydrogen-bond donors (Lipinski definition) is 2. The largest absolute Gasteiger partial charge is 0.487 e. The van der Waals surface area contributed by atoms with Gasteiger partial charge in [-0.3, -0.25) is 0 Å². The van der Waals surface area contributed by atoms with Gasteiger partial charge in [-0.15, -0.1) is 0 Å². The minimum Gasteiger partial charge on any atom is -0.487 e. The van der Waals surface area contributed by atoms with Gasteiger partial charge in [-0.2, -0.15) is 5.10 Å². The first-order chi connectivity index (χ1) is 18.1. The molecule has 0 radical (unpaired) electrons. The normalized spacial score (nSPS) is 11.2. The molecule has 1 aromatic heterocycles. The Balaban J connectivity index is 1.45. The monoisotopic (exact) mass is 551 g/mol. The van der Waals surface area contributed by atoms with Gasteiger partial charge in [0.1, 0.15) is 18.0 Å². The number of nitrogens with one attached hydrogen (secondary N) is 1. The van der Waals surface area contributed by atoms with Crippen molar-refractivity contribution in [3.8, 4) is 11.4 Å². The molecule has 0 aliphatic rings. The first kappa shape index (κ1) is 27.7. The quantitative estimate of drug-likeness (QED) is 0.213. The molecule has 4 rings (SSSR count). The van der Waals surface area contributed by atoms with Crippen LogP contribution in [0, 0.1) is 13.8 Å². The molecule has 0 saturated carbocycles. The summed E-state index contributed by atoms with van der Waals surface area (Å²) in [7, 11) is 0. The van der Waals surface area contributed by atoms with Crippen LogP contribution < -0.4 is 10.1 Å². The van der Waals surface area contributed by atoms with Crippen molar-refractivity contribution >= 4 is 29.2 Å². The molecule has 3 aromatic carbocycles. The Kier molecular flexibility index (Phi) is 8.77. The van der Waals surface area contributed by atoms with E-state index in [0.717, 1.165) is 39.3 Å². The number of carboxylic acid groups (broad SMARTS) is 1. The minimum atomic E-state index is -0.917. The van der Waals surface area contributed by atoms with Gasteiger partial charge in [0, 0.05) is 13.1 Å². The fourth-order valence-corrected chi connectivity index (χ4v) is 4.99. The second kappa shape index (κ2) is 12.0. The molecule has 38 heavy (non-hydrogen) atoms. The van der Waals surface area contributed by atoms with Crippen LogP contribution in [0.4, 0.5) is 0 Å². The van der Waals surface area contributed by atoms with Crippen molar-refractivity contribution in [3.05, 3.63) is 110 Å². The molecule has 4 aromatic rings. The maximum absolute atomic E-state index is 11.3. The summed E-state index contributed by atoms with van der Waals surface area (Å²) in [6.45, 7) is 9.72. The lowest BCUT2D eigenvalue weighted by Gasteiger charge is -2.16. The third-order valence-electron chi connectivity index (χ3n) is 6.39. The lowest BCUT2D eigenvalue weighted by atomic mass is 10.0. The lowest BCUT2D eigenvalue weighted by Crippen LogP contribution is -2.14. The number of hydrogen-bond acceptors (Lipinski definition) is 4. The molecule has 6 nitrogen and oxygen atoms in total. The number of nitrogens with zero attached hydrogens (tertiary/aromatic N) is 2. The Labute approximate surface area is 233 Å². The Morgan fingerprint density at radius 3 is 2.45 bits per heavy atom. The number of aryl methyl sites for hydroxylation is 2. The zero-order chi connectivity index (χ0) is 27.4. The molecule has 0 amide bonds. The van der Waals surface area contributed by atoms with Crippen LogP contribution in [0.15, 0.2) is 60.8 Å². The van der Waals surface area contributed by atoms with Crippen LogP contribution in [0.3, 0.4) is 0 Å². The molecule has 0 unspecified atom stereocenters. The highest BCUT2D eigenvalue weighted by Crippen LogP contribution is 2.32. The third kappa shape index (κ3) is 6.38. The van der Waals surface area contributed by atoms with E-state index >= 15 is 0 Å². The molecule has 8 heteroatoms. The second-order valence-electron chi connectivity index (χ2n) is 9.68. The third-order valence-corrected chi connectivity index (χ3v) is 7.00. The number of aromatic nitrogens is 2. The van der Waals surface area contributed by atoms with E-state index in [9.17, 15) is 9.90 Å². The summed E-state index contributed by atoms with van der Waals surface area (Å²) in [6.07, 6.45) is 1.84.